The molecular formula is C24H23F2N3O2. The van der Waals surface area contributed by atoms with Gasteiger partial charge in [0.25, 0.3) is 0 Å². The fourth-order valence-corrected chi connectivity index (χ4v) is 3.95. The Hall–Kier alpha value is -3.48. The van der Waals surface area contributed by atoms with Gasteiger partial charge in [0.1, 0.15) is 17.7 Å². The Morgan fingerprint density at radius 2 is 1.58 bits per heavy atom. The summed E-state index contributed by atoms with van der Waals surface area (Å²) in [5.74, 6) is -1.01. The number of H-pyrrole nitrogens is 1. The summed E-state index contributed by atoms with van der Waals surface area (Å²) in [7, 11) is 0. The molecule has 5 nitrogen and oxygen atoms in total. The van der Waals surface area contributed by atoms with E-state index in [0.29, 0.717) is 19.4 Å². The van der Waals surface area contributed by atoms with Crippen LogP contribution in [-0.4, -0.2) is 29.4 Å². The van der Waals surface area contributed by atoms with E-state index in [-0.39, 0.29) is 29.9 Å². The monoisotopic (exact) mass is 423 g/mol. The van der Waals surface area contributed by atoms with Crippen LogP contribution in [0.25, 0.3) is 22.5 Å². The van der Waals surface area contributed by atoms with Crippen molar-refractivity contribution in [2.45, 2.75) is 32.2 Å². The summed E-state index contributed by atoms with van der Waals surface area (Å²) in [6, 6.07) is 11.8. The first-order valence-electron chi connectivity index (χ1n) is 10.2. The minimum absolute atomic E-state index is 0.156. The highest BCUT2D eigenvalue weighted by molar-refractivity contribution is 5.89. The molecule has 1 aliphatic rings. The fraction of sp³-hybridized carbons (Fsp3) is 0.250. The second kappa shape index (κ2) is 8.71. The quantitative estimate of drug-likeness (QED) is 0.563. The minimum atomic E-state index is -0.480. The molecule has 0 bridgehead atoms. The number of nitrogens with one attached hydrogen (secondary N) is 3. The zero-order chi connectivity index (χ0) is 22.0. The zero-order valence-electron chi connectivity index (χ0n) is 17.1. The van der Waals surface area contributed by atoms with Gasteiger partial charge >= 0.3 is 0 Å². The van der Waals surface area contributed by atoms with Gasteiger partial charge in [-0.1, -0.05) is 0 Å². The summed E-state index contributed by atoms with van der Waals surface area (Å²) in [6.07, 6.45) is 1.24. The third-order valence-corrected chi connectivity index (χ3v) is 5.63. The summed E-state index contributed by atoms with van der Waals surface area (Å²) >= 11 is 0. The van der Waals surface area contributed by atoms with Gasteiger partial charge < -0.3 is 15.6 Å². The number of aromatic nitrogens is 1. The molecule has 0 spiro atoms. The van der Waals surface area contributed by atoms with Gasteiger partial charge in [0.15, 0.2) is 0 Å². The van der Waals surface area contributed by atoms with E-state index in [4.69, 9.17) is 0 Å². The van der Waals surface area contributed by atoms with Crippen LogP contribution in [0.4, 0.5) is 8.78 Å². The molecule has 1 atom stereocenters. The van der Waals surface area contributed by atoms with Crippen molar-refractivity contribution in [1.82, 2.24) is 15.6 Å². The van der Waals surface area contributed by atoms with Crippen LogP contribution < -0.4 is 10.6 Å². The molecule has 0 saturated carbocycles. The smallest absolute Gasteiger partial charge is 0.242 e. The van der Waals surface area contributed by atoms with Crippen molar-refractivity contribution in [1.29, 1.82) is 0 Å². The lowest BCUT2D eigenvalue weighted by molar-refractivity contribution is -0.127. The van der Waals surface area contributed by atoms with Crippen LogP contribution in [0, 0.1) is 18.6 Å². The normalized spacial score (nSPS) is 15.7. The Morgan fingerprint density at radius 1 is 1.00 bits per heavy atom. The molecule has 1 aliphatic heterocycles. The van der Waals surface area contributed by atoms with Crippen LogP contribution in [0.5, 0.6) is 0 Å². The van der Waals surface area contributed by atoms with Gasteiger partial charge in [0.2, 0.25) is 11.8 Å². The van der Waals surface area contributed by atoms with E-state index < -0.39 is 6.04 Å². The van der Waals surface area contributed by atoms with Crippen LogP contribution in [0.2, 0.25) is 0 Å². The second-order valence-corrected chi connectivity index (χ2v) is 7.69. The number of hydrogen-bond acceptors (Lipinski definition) is 2. The number of halogens is 2. The van der Waals surface area contributed by atoms with E-state index in [1.54, 1.807) is 24.3 Å². The summed E-state index contributed by atoms with van der Waals surface area (Å²) in [5.41, 5.74) is 5.10. The summed E-state index contributed by atoms with van der Waals surface area (Å²) in [5, 5.41) is 5.48. The molecule has 4 rings (SSSR count). The van der Waals surface area contributed by atoms with Crippen molar-refractivity contribution in [3.05, 3.63) is 71.3 Å². The van der Waals surface area contributed by atoms with Crippen LogP contribution in [0.15, 0.2) is 48.5 Å². The van der Waals surface area contributed by atoms with Gasteiger partial charge in [-0.2, -0.15) is 0 Å². The SMILES string of the molecule is Cc1c(-c2ccc(F)cc2)[nH]c(-c2ccc(F)cc2)c1CCC(=O)NC1CCNC1=O. The van der Waals surface area contributed by atoms with Gasteiger partial charge in [-0.25, -0.2) is 8.78 Å². The molecule has 3 N–H and O–H groups in total. The lowest BCUT2D eigenvalue weighted by Gasteiger charge is -2.11. The highest BCUT2D eigenvalue weighted by Gasteiger charge is 2.26. The first-order chi connectivity index (χ1) is 14.9. The predicted octanol–water partition coefficient (Wildman–Crippen LogP) is 3.87. The molecule has 1 unspecified atom stereocenters. The Kier molecular flexibility index (Phi) is 5.84. The third kappa shape index (κ3) is 4.50. The maximum absolute atomic E-state index is 13.4. The van der Waals surface area contributed by atoms with Crippen LogP contribution in [0.1, 0.15) is 24.0 Å². The number of benzene rings is 2. The second-order valence-electron chi connectivity index (χ2n) is 7.69. The van der Waals surface area contributed by atoms with Crippen molar-refractivity contribution >= 4 is 11.8 Å². The largest absolute Gasteiger partial charge is 0.354 e. The summed E-state index contributed by atoms with van der Waals surface area (Å²) < 4.78 is 26.8. The van der Waals surface area contributed by atoms with E-state index >= 15 is 0 Å². The Balaban J connectivity index is 1.62. The van der Waals surface area contributed by atoms with Crippen LogP contribution >= 0.6 is 0 Å². The molecule has 2 heterocycles. The summed E-state index contributed by atoms with van der Waals surface area (Å²) in [6.45, 7) is 2.51. The number of aromatic amines is 1. The maximum Gasteiger partial charge on any atom is 0.242 e. The van der Waals surface area contributed by atoms with Crippen molar-refractivity contribution in [2.24, 2.45) is 0 Å². The topological polar surface area (TPSA) is 74.0 Å². The van der Waals surface area contributed by atoms with E-state index in [1.807, 2.05) is 6.92 Å². The predicted molar refractivity (Wildman–Crippen MR) is 114 cm³/mol. The molecule has 2 amide bonds. The first kappa shape index (κ1) is 20.8. The Labute approximate surface area is 178 Å². The fourth-order valence-electron chi connectivity index (χ4n) is 3.95. The molecule has 0 aliphatic carbocycles. The Morgan fingerprint density at radius 3 is 2.13 bits per heavy atom. The van der Waals surface area contributed by atoms with Gasteiger partial charge in [-0.3, -0.25) is 9.59 Å². The summed E-state index contributed by atoms with van der Waals surface area (Å²) in [4.78, 5) is 27.5. The molecule has 1 aromatic heterocycles. The Bertz CT molecular complexity index is 1110. The maximum atomic E-state index is 13.4. The average Bonchev–Trinajstić information content (AvgIpc) is 3.30. The highest BCUT2D eigenvalue weighted by Crippen LogP contribution is 2.34. The molecular weight excluding hydrogens is 400 g/mol. The molecule has 160 valence electrons. The van der Waals surface area contributed by atoms with Crippen LogP contribution in [0.3, 0.4) is 0 Å². The molecule has 1 fully saturated rings. The number of rotatable bonds is 6. The molecule has 2 aromatic carbocycles. The first-order valence-corrected chi connectivity index (χ1v) is 10.2. The standard InChI is InChI=1S/C24H23F2N3O2/c1-14-19(10-11-21(30)28-20-12-13-27-24(20)31)23(16-4-8-18(26)9-5-16)29-22(14)15-2-6-17(25)7-3-15/h2-9,20,29H,10-13H2,1H3,(H,27,31)(H,28,30). The van der Waals surface area contributed by atoms with Crippen molar-refractivity contribution in [3.63, 3.8) is 0 Å². The highest BCUT2D eigenvalue weighted by atomic mass is 19.1. The van der Waals surface area contributed by atoms with E-state index in [1.165, 1.54) is 24.3 Å². The van der Waals surface area contributed by atoms with E-state index in [9.17, 15) is 18.4 Å². The number of amides is 2. The molecule has 3 aromatic rings. The lowest BCUT2D eigenvalue weighted by atomic mass is 9.98. The number of carbonyl (C=O) groups is 2. The minimum Gasteiger partial charge on any atom is -0.354 e. The number of carbonyl (C=O) groups excluding carboxylic acids is 2. The van der Waals surface area contributed by atoms with Gasteiger partial charge in [0, 0.05) is 24.4 Å². The molecule has 7 heteroatoms. The van der Waals surface area contributed by atoms with E-state index in [0.717, 1.165) is 33.6 Å². The average molecular weight is 423 g/mol. The van der Waals surface area contributed by atoms with Gasteiger partial charge in [0.05, 0.1) is 0 Å². The zero-order valence-corrected chi connectivity index (χ0v) is 17.1. The van der Waals surface area contributed by atoms with Crippen molar-refractivity contribution in [2.75, 3.05) is 6.54 Å². The molecule has 0 radical (unpaired) electrons. The van der Waals surface area contributed by atoms with Crippen molar-refractivity contribution < 1.29 is 18.4 Å². The van der Waals surface area contributed by atoms with E-state index in [2.05, 4.69) is 15.6 Å². The van der Waals surface area contributed by atoms with Gasteiger partial charge in [-0.05, 0) is 90.6 Å². The van der Waals surface area contributed by atoms with Gasteiger partial charge in [-0.15, -0.1) is 0 Å². The molecule has 31 heavy (non-hydrogen) atoms. The lowest BCUT2D eigenvalue weighted by Crippen LogP contribution is -2.40. The van der Waals surface area contributed by atoms with Crippen LogP contribution in [-0.2, 0) is 16.0 Å². The molecule has 1 saturated heterocycles. The third-order valence-electron chi connectivity index (χ3n) is 5.63. The van der Waals surface area contributed by atoms with Crippen molar-refractivity contribution in [3.8, 4) is 22.5 Å². The number of hydrogen-bond donors (Lipinski definition) is 3.